The van der Waals surface area contributed by atoms with E-state index < -0.39 is 0 Å². The van der Waals surface area contributed by atoms with E-state index in [0.717, 1.165) is 32.5 Å². The fourth-order valence-electron chi connectivity index (χ4n) is 2.45. The summed E-state index contributed by atoms with van der Waals surface area (Å²) in [7, 11) is 0. The first kappa shape index (κ1) is 13.3. The zero-order valence-electron chi connectivity index (χ0n) is 12.2. The lowest BCUT2D eigenvalue weighted by atomic mass is 10.1. The van der Waals surface area contributed by atoms with Crippen molar-refractivity contribution in [3.63, 3.8) is 0 Å². The van der Waals surface area contributed by atoms with Crippen LogP contribution in [0.2, 0.25) is 0 Å². The van der Waals surface area contributed by atoms with Crippen molar-refractivity contribution in [3.8, 4) is 0 Å². The molecule has 0 saturated carbocycles. The summed E-state index contributed by atoms with van der Waals surface area (Å²) in [5.74, 6) is 0.460. The fourth-order valence-corrected chi connectivity index (χ4v) is 3.60. The highest BCUT2D eigenvalue weighted by Gasteiger charge is 2.12. The van der Waals surface area contributed by atoms with Crippen molar-refractivity contribution in [2.45, 2.75) is 34.2 Å². The molecule has 20 heavy (non-hydrogen) atoms. The van der Waals surface area contributed by atoms with Gasteiger partial charge in [0.1, 0.15) is 9.53 Å². The molecule has 0 atom stereocenters. The van der Waals surface area contributed by atoms with Crippen molar-refractivity contribution in [3.05, 3.63) is 39.9 Å². The Kier molecular flexibility index (Phi) is 3.13. The van der Waals surface area contributed by atoms with Crippen LogP contribution in [0.5, 0.6) is 0 Å². The van der Waals surface area contributed by atoms with Gasteiger partial charge in [0, 0.05) is 29.2 Å². The second-order valence-corrected chi connectivity index (χ2v) is 6.75. The van der Waals surface area contributed by atoms with Crippen LogP contribution in [0.3, 0.4) is 0 Å². The van der Waals surface area contributed by atoms with Gasteiger partial charge in [-0.1, -0.05) is 13.8 Å². The van der Waals surface area contributed by atoms with E-state index in [4.69, 9.17) is 0 Å². The number of hydrogen-bond acceptors (Lipinski definition) is 3. The van der Waals surface area contributed by atoms with E-state index in [9.17, 15) is 4.79 Å². The van der Waals surface area contributed by atoms with Crippen LogP contribution in [0.15, 0.2) is 23.1 Å². The van der Waals surface area contributed by atoms with Crippen LogP contribution in [0.1, 0.15) is 25.1 Å². The van der Waals surface area contributed by atoms with Gasteiger partial charge in [-0.2, -0.15) is 0 Å². The minimum atomic E-state index is 0.106. The number of hydrogen-bond donors (Lipinski definition) is 0. The molecule has 0 fully saturated rings. The molecule has 0 amide bonds. The number of aromatic nitrogens is 2. The maximum atomic E-state index is 12.5. The Bertz CT molecular complexity index is 858. The summed E-state index contributed by atoms with van der Waals surface area (Å²) < 4.78 is 2.63. The maximum absolute atomic E-state index is 12.5. The van der Waals surface area contributed by atoms with Gasteiger partial charge in [-0.15, -0.1) is 11.3 Å². The van der Waals surface area contributed by atoms with Crippen LogP contribution in [-0.4, -0.2) is 9.55 Å². The third kappa shape index (κ3) is 2.04. The van der Waals surface area contributed by atoms with Crippen LogP contribution in [0.4, 0.5) is 0 Å². The van der Waals surface area contributed by atoms with E-state index in [0.29, 0.717) is 5.92 Å². The second kappa shape index (κ2) is 4.70. The SMILES string of the molecule is Cc1cc2c(nc1C)sc1c(=O)n(CC(C)C)ccc12. The topological polar surface area (TPSA) is 34.9 Å². The highest BCUT2D eigenvalue weighted by Crippen LogP contribution is 2.31. The van der Waals surface area contributed by atoms with Crippen molar-refractivity contribution in [1.82, 2.24) is 9.55 Å². The monoisotopic (exact) mass is 286 g/mol. The molecular formula is C16H18N2OS. The lowest BCUT2D eigenvalue weighted by molar-refractivity contribution is 0.513. The molecule has 3 rings (SSSR count). The smallest absolute Gasteiger partial charge is 0.268 e. The minimum Gasteiger partial charge on any atom is -0.314 e. The number of fused-ring (bicyclic) bond motifs is 3. The molecule has 0 bridgehead atoms. The van der Waals surface area contributed by atoms with Gasteiger partial charge < -0.3 is 4.57 Å². The fraction of sp³-hybridized carbons (Fsp3) is 0.375. The van der Waals surface area contributed by atoms with Crippen molar-refractivity contribution in [2.24, 2.45) is 5.92 Å². The molecule has 3 heterocycles. The lowest BCUT2D eigenvalue weighted by Crippen LogP contribution is -2.20. The number of aryl methyl sites for hydroxylation is 2. The molecule has 3 aromatic rings. The number of rotatable bonds is 2. The first-order chi connectivity index (χ1) is 9.47. The zero-order chi connectivity index (χ0) is 14.4. The standard InChI is InChI=1S/C16H18N2OS/c1-9(2)8-18-6-5-12-13-7-10(3)11(4)17-15(13)20-14(12)16(18)19/h5-7,9H,8H2,1-4H3. The molecule has 0 aliphatic heterocycles. The van der Waals surface area contributed by atoms with E-state index in [1.54, 1.807) is 0 Å². The van der Waals surface area contributed by atoms with Gasteiger partial charge in [0.05, 0.1) is 0 Å². The maximum Gasteiger partial charge on any atom is 0.268 e. The van der Waals surface area contributed by atoms with Crippen LogP contribution in [0.25, 0.3) is 20.3 Å². The Balaban J connectivity index is 2.33. The van der Waals surface area contributed by atoms with E-state index in [1.807, 2.05) is 17.7 Å². The molecule has 104 valence electrons. The molecule has 0 N–H and O–H groups in total. The van der Waals surface area contributed by atoms with Gasteiger partial charge >= 0.3 is 0 Å². The zero-order valence-corrected chi connectivity index (χ0v) is 13.0. The Labute approximate surface area is 121 Å². The molecular weight excluding hydrogens is 268 g/mol. The van der Waals surface area contributed by atoms with E-state index in [2.05, 4.69) is 37.9 Å². The number of nitrogens with zero attached hydrogens (tertiary/aromatic N) is 2. The van der Waals surface area contributed by atoms with Crippen molar-refractivity contribution in [1.29, 1.82) is 0 Å². The third-order valence-electron chi connectivity index (χ3n) is 3.60. The molecule has 3 aromatic heterocycles. The van der Waals surface area contributed by atoms with Crippen molar-refractivity contribution < 1.29 is 0 Å². The molecule has 0 aliphatic rings. The Morgan fingerprint density at radius 2 is 2.05 bits per heavy atom. The van der Waals surface area contributed by atoms with Crippen molar-refractivity contribution >= 4 is 31.6 Å². The summed E-state index contributed by atoms with van der Waals surface area (Å²) in [6, 6.07) is 4.19. The van der Waals surface area contributed by atoms with Gasteiger partial charge in [0.2, 0.25) is 0 Å². The first-order valence-corrected chi connectivity index (χ1v) is 7.69. The summed E-state index contributed by atoms with van der Waals surface area (Å²) in [5, 5.41) is 2.13. The van der Waals surface area contributed by atoms with E-state index >= 15 is 0 Å². The molecule has 0 saturated heterocycles. The Morgan fingerprint density at radius 1 is 1.30 bits per heavy atom. The number of pyridine rings is 2. The van der Waals surface area contributed by atoms with Crippen LogP contribution >= 0.6 is 11.3 Å². The Hall–Kier alpha value is -1.68. The predicted molar refractivity (Wildman–Crippen MR) is 85.7 cm³/mol. The average molecular weight is 286 g/mol. The van der Waals surface area contributed by atoms with Gasteiger partial charge in [0.15, 0.2) is 0 Å². The summed E-state index contributed by atoms with van der Waals surface area (Å²) in [6.07, 6.45) is 1.91. The van der Waals surface area contributed by atoms with Gasteiger partial charge in [-0.3, -0.25) is 4.79 Å². The van der Waals surface area contributed by atoms with Crippen molar-refractivity contribution in [2.75, 3.05) is 0 Å². The van der Waals surface area contributed by atoms with Crippen LogP contribution in [0, 0.1) is 19.8 Å². The highest BCUT2D eigenvalue weighted by atomic mass is 32.1. The normalized spacial score (nSPS) is 11.8. The molecule has 0 unspecified atom stereocenters. The molecule has 4 heteroatoms. The highest BCUT2D eigenvalue weighted by molar-refractivity contribution is 7.25. The largest absolute Gasteiger partial charge is 0.314 e. The van der Waals surface area contributed by atoms with Gasteiger partial charge in [-0.25, -0.2) is 4.98 Å². The van der Waals surface area contributed by atoms with Crippen LogP contribution in [-0.2, 0) is 6.54 Å². The molecule has 0 aliphatic carbocycles. The molecule has 0 radical (unpaired) electrons. The average Bonchev–Trinajstić information content (AvgIpc) is 2.72. The summed E-state index contributed by atoms with van der Waals surface area (Å²) >= 11 is 1.51. The molecule has 0 aromatic carbocycles. The molecule has 3 nitrogen and oxygen atoms in total. The molecule has 0 spiro atoms. The first-order valence-electron chi connectivity index (χ1n) is 6.87. The quantitative estimate of drug-likeness (QED) is 0.716. The van der Waals surface area contributed by atoms with E-state index in [1.165, 1.54) is 16.9 Å². The lowest BCUT2D eigenvalue weighted by Gasteiger charge is -2.08. The van der Waals surface area contributed by atoms with Gasteiger partial charge in [0.25, 0.3) is 5.56 Å². The second-order valence-electron chi connectivity index (χ2n) is 5.76. The number of thiophene rings is 1. The van der Waals surface area contributed by atoms with E-state index in [-0.39, 0.29) is 5.56 Å². The summed E-state index contributed by atoms with van der Waals surface area (Å²) in [4.78, 5) is 18.1. The minimum absolute atomic E-state index is 0.106. The third-order valence-corrected chi connectivity index (χ3v) is 4.71. The summed E-state index contributed by atoms with van der Waals surface area (Å²) in [5.41, 5.74) is 2.31. The Morgan fingerprint density at radius 3 is 2.75 bits per heavy atom. The predicted octanol–water partition coefficient (Wildman–Crippen LogP) is 3.88. The van der Waals surface area contributed by atoms with Crippen LogP contribution < -0.4 is 5.56 Å². The summed E-state index contributed by atoms with van der Waals surface area (Å²) in [6.45, 7) is 9.07. The van der Waals surface area contributed by atoms with Gasteiger partial charge in [-0.05, 0) is 37.5 Å².